The second kappa shape index (κ2) is 8.12. The van der Waals surface area contributed by atoms with Crippen molar-refractivity contribution in [2.24, 2.45) is 0 Å². The number of hydrogen-bond acceptors (Lipinski definition) is 7. The monoisotopic (exact) mass is 386 g/mol. The molecular formula is C20H18O8. The van der Waals surface area contributed by atoms with Crippen LogP contribution in [0.15, 0.2) is 48.5 Å². The Hall–Kier alpha value is -3.36. The van der Waals surface area contributed by atoms with Gasteiger partial charge in [-0.3, -0.25) is 4.79 Å². The Morgan fingerprint density at radius 1 is 0.857 bits per heavy atom. The number of aliphatic hydroxyl groups excluding tert-OH is 1. The van der Waals surface area contributed by atoms with Gasteiger partial charge in [0.15, 0.2) is 6.10 Å². The van der Waals surface area contributed by atoms with E-state index in [1.165, 1.54) is 36.4 Å². The van der Waals surface area contributed by atoms with E-state index in [1.807, 2.05) is 0 Å². The van der Waals surface area contributed by atoms with Gasteiger partial charge in [0.25, 0.3) is 5.60 Å². The molecule has 8 heteroatoms. The Morgan fingerprint density at radius 3 is 1.71 bits per heavy atom. The molecule has 2 aromatic rings. The molecule has 3 N–H and O–H groups in total. The van der Waals surface area contributed by atoms with Crippen LogP contribution in [0.4, 0.5) is 0 Å². The fourth-order valence-corrected chi connectivity index (χ4v) is 2.34. The minimum absolute atomic E-state index is 0.0612. The highest BCUT2D eigenvalue weighted by Gasteiger charge is 2.56. The largest absolute Gasteiger partial charge is 0.479 e. The quantitative estimate of drug-likeness (QED) is 0.380. The van der Waals surface area contributed by atoms with E-state index >= 15 is 0 Å². The van der Waals surface area contributed by atoms with Gasteiger partial charge in [-0.2, -0.15) is 0 Å². The van der Waals surface area contributed by atoms with E-state index in [0.717, 1.165) is 11.1 Å². The number of carboxylic acid groups (broad SMARTS) is 1. The molecule has 2 atom stereocenters. The van der Waals surface area contributed by atoms with Crippen LogP contribution in [-0.4, -0.2) is 50.7 Å². The van der Waals surface area contributed by atoms with Crippen LogP contribution in [0.2, 0.25) is 0 Å². The SMILES string of the molecule is Cc1ccc(C(=O)OC(=O)[C@](O)(C(=O)c2ccc(C)cc2)[C@H](O)C(=O)O)cc1. The molecule has 0 unspecified atom stereocenters. The molecule has 0 spiro atoms. The van der Waals surface area contributed by atoms with E-state index < -0.39 is 35.4 Å². The highest BCUT2D eigenvalue weighted by Crippen LogP contribution is 2.22. The first-order valence-corrected chi connectivity index (χ1v) is 8.15. The molecule has 0 saturated carbocycles. The third-order valence-electron chi connectivity index (χ3n) is 4.07. The topological polar surface area (TPSA) is 138 Å². The van der Waals surface area contributed by atoms with Gasteiger partial charge in [0.2, 0.25) is 5.78 Å². The maximum absolute atomic E-state index is 12.6. The summed E-state index contributed by atoms with van der Waals surface area (Å²) in [5, 5.41) is 29.4. The van der Waals surface area contributed by atoms with Crippen LogP contribution >= 0.6 is 0 Å². The molecule has 0 aliphatic rings. The van der Waals surface area contributed by atoms with Crippen LogP contribution < -0.4 is 0 Å². The van der Waals surface area contributed by atoms with Crippen molar-refractivity contribution in [2.75, 3.05) is 0 Å². The minimum Gasteiger partial charge on any atom is -0.479 e. The number of carbonyl (C=O) groups excluding carboxylic acids is 3. The van der Waals surface area contributed by atoms with Gasteiger partial charge in [0.05, 0.1) is 5.56 Å². The second-order valence-corrected chi connectivity index (χ2v) is 6.25. The normalized spacial score (nSPS) is 13.9. The standard InChI is InChI=1S/C20H18O8/c1-11-3-7-13(8-4-11)15(21)20(27,16(22)17(23)24)19(26)28-18(25)14-9-5-12(2)6-10-14/h3-10,16,22,27H,1-2H3,(H,23,24)/t16-,20+/m1/s1. The zero-order valence-electron chi connectivity index (χ0n) is 15.1. The fourth-order valence-electron chi connectivity index (χ4n) is 2.34. The number of aliphatic hydroxyl groups is 2. The predicted octanol–water partition coefficient (Wildman–Crippen LogP) is 1.05. The third kappa shape index (κ3) is 4.13. The molecule has 28 heavy (non-hydrogen) atoms. The van der Waals surface area contributed by atoms with Crippen molar-refractivity contribution in [1.82, 2.24) is 0 Å². The van der Waals surface area contributed by atoms with Crippen LogP contribution in [-0.2, 0) is 14.3 Å². The Labute approximate surface area is 160 Å². The van der Waals surface area contributed by atoms with Gasteiger partial charge in [-0.25, -0.2) is 14.4 Å². The molecule has 0 aliphatic carbocycles. The lowest BCUT2D eigenvalue weighted by molar-refractivity contribution is -0.175. The first-order chi connectivity index (χ1) is 13.1. The van der Waals surface area contributed by atoms with Crippen LogP contribution in [0.1, 0.15) is 31.8 Å². The molecule has 146 valence electrons. The summed E-state index contributed by atoms with van der Waals surface area (Å²) in [5.74, 6) is -6.55. The summed E-state index contributed by atoms with van der Waals surface area (Å²) in [4.78, 5) is 48.3. The summed E-state index contributed by atoms with van der Waals surface area (Å²) in [6.07, 6.45) is -2.85. The van der Waals surface area contributed by atoms with Gasteiger partial charge in [0, 0.05) is 5.56 Å². The Balaban J connectivity index is 2.38. The predicted molar refractivity (Wildman–Crippen MR) is 95.7 cm³/mol. The molecule has 0 bridgehead atoms. The van der Waals surface area contributed by atoms with Crippen molar-refractivity contribution in [3.8, 4) is 0 Å². The van der Waals surface area contributed by atoms with Crippen LogP contribution in [0.25, 0.3) is 0 Å². The molecule has 0 radical (unpaired) electrons. The van der Waals surface area contributed by atoms with E-state index in [-0.39, 0.29) is 11.1 Å². The number of benzene rings is 2. The first-order valence-electron chi connectivity index (χ1n) is 8.15. The molecule has 8 nitrogen and oxygen atoms in total. The molecule has 2 aromatic carbocycles. The number of rotatable bonds is 6. The van der Waals surface area contributed by atoms with Gasteiger partial charge in [0.1, 0.15) is 0 Å². The number of Topliss-reactive ketones (excluding diaryl/α,β-unsaturated/α-hetero) is 1. The van der Waals surface area contributed by atoms with E-state index in [2.05, 4.69) is 4.74 Å². The Kier molecular flexibility index (Phi) is 6.07. The van der Waals surface area contributed by atoms with Crippen LogP contribution in [0.3, 0.4) is 0 Å². The molecule has 0 fully saturated rings. The maximum atomic E-state index is 12.6. The summed E-state index contributed by atoms with van der Waals surface area (Å²) in [6.45, 7) is 3.49. The van der Waals surface area contributed by atoms with E-state index in [1.54, 1.807) is 26.0 Å². The number of aliphatic carboxylic acids is 1. The average Bonchev–Trinajstić information content (AvgIpc) is 2.67. The van der Waals surface area contributed by atoms with Crippen molar-refractivity contribution in [3.05, 3.63) is 70.8 Å². The minimum atomic E-state index is -3.51. The van der Waals surface area contributed by atoms with Crippen molar-refractivity contribution < 1.29 is 39.2 Å². The number of esters is 2. The summed E-state index contributed by atoms with van der Waals surface area (Å²) in [5.41, 5.74) is -2.23. The summed E-state index contributed by atoms with van der Waals surface area (Å²) in [6, 6.07) is 11.3. The number of carboxylic acids is 1. The molecule has 2 rings (SSSR count). The highest BCUT2D eigenvalue weighted by atomic mass is 16.6. The molecule has 0 saturated heterocycles. The third-order valence-corrected chi connectivity index (χ3v) is 4.07. The molecule has 0 heterocycles. The zero-order chi connectivity index (χ0) is 21.1. The lowest BCUT2D eigenvalue weighted by Gasteiger charge is -2.26. The van der Waals surface area contributed by atoms with E-state index in [9.17, 15) is 29.4 Å². The van der Waals surface area contributed by atoms with Crippen molar-refractivity contribution >= 4 is 23.7 Å². The summed E-state index contributed by atoms with van der Waals surface area (Å²) < 4.78 is 4.51. The van der Waals surface area contributed by atoms with Crippen LogP contribution in [0, 0.1) is 13.8 Å². The lowest BCUT2D eigenvalue weighted by atomic mass is 9.87. The number of ether oxygens (including phenoxy) is 1. The van der Waals surface area contributed by atoms with Gasteiger partial charge < -0.3 is 20.1 Å². The van der Waals surface area contributed by atoms with Gasteiger partial charge in [-0.05, 0) is 26.0 Å². The molecule has 0 aliphatic heterocycles. The fraction of sp³-hybridized carbons (Fsp3) is 0.200. The van der Waals surface area contributed by atoms with Crippen molar-refractivity contribution in [3.63, 3.8) is 0 Å². The number of aryl methyl sites for hydroxylation is 2. The number of carbonyl (C=O) groups is 4. The average molecular weight is 386 g/mol. The molecule has 0 aromatic heterocycles. The van der Waals surface area contributed by atoms with Gasteiger partial charge in [-0.1, -0.05) is 47.5 Å². The second-order valence-electron chi connectivity index (χ2n) is 6.25. The van der Waals surface area contributed by atoms with E-state index in [0.29, 0.717) is 0 Å². The number of ketones is 1. The Bertz CT molecular complexity index is 914. The maximum Gasteiger partial charge on any atom is 0.357 e. The van der Waals surface area contributed by atoms with Gasteiger partial charge >= 0.3 is 17.9 Å². The summed E-state index contributed by atoms with van der Waals surface area (Å²) >= 11 is 0. The number of hydrogen-bond donors (Lipinski definition) is 3. The van der Waals surface area contributed by atoms with Crippen LogP contribution in [0.5, 0.6) is 0 Å². The smallest absolute Gasteiger partial charge is 0.357 e. The molecule has 0 amide bonds. The zero-order valence-corrected chi connectivity index (χ0v) is 15.1. The van der Waals surface area contributed by atoms with Crippen molar-refractivity contribution in [1.29, 1.82) is 0 Å². The van der Waals surface area contributed by atoms with E-state index in [4.69, 9.17) is 5.11 Å². The van der Waals surface area contributed by atoms with Gasteiger partial charge in [-0.15, -0.1) is 0 Å². The molecular weight excluding hydrogens is 368 g/mol. The van der Waals surface area contributed by atoms with Crippen molar-refractivity contribution in [2.45, 2.75) is 25.6 Å². The summed E-state index contributed by atoms with van der Waals surface area (Å²) in [7, 11) is 0. The Morgan fingerprint density at radius 2 is 1.29 bits per heavy atom. The lowest BCUT2D eigenvalue weighted by Crippen LogP contribution is -2.59. The first kappa shape index (κ1) is 20.9. The highest BCUT2D eigenvalue weighted by molar-refractivity contribution is 6.19.